The maximum absolute atomic E-state index is 12.4. The molecule has 2 aliphatic heterocycles. The van der Waals surface area contributed by atoms with Crippen LogP contribution in [0, 0.1) is 6.92 Å². The topological polar surface area (TPSA) is 57.7 Å². The molecule has 3 rings (SSSR count). The monoisotopic (exact) mass is 368 g/mol. The Balaban J connectivity index is 0.00000121. The third-order valence-electron chi connectivity index (χ3n) is 3.69. The number of anilines is 1. The molecule has 1 N–H and O–H groups in total. The molecular formula is C13H22Cl2N4O2S. The van der Waals surface area contributed by atoms with Gasteiger partial charge in [-0.1, -0.05) is 0 Å². The number of nitrogens with one attached hydrogen (secondary N) is 1. The molecule has 2 aliphatic rings. The molecule has 1 aromatic heterocycles. The maximum atomic E-state index is 12.4. The van der Waals surface area contributed by atoms with Crippen LogP contribution in [0.3, 0.4) is 0 Å². The van der Waals surface area contributed by atoms with Gasteiger partial charge in [0.15, 0.2) is 5.13 Å². The van der Waals surface area contributed by atoms with Gasteiger partial charge in [-0.25, -0.2) is 4.98 Å². The normalized spacial score (nSPS) is 21.8. The fourth-order valence-electron chi connectivity index (χ4n) is 2.55. The lowest BCUT2D eigenvalue weighted by Gasteiger charge is -2.37. The van der Waals surface area contributed by atoms with Crippen LogP contribution in [0.25, 0.3) is 0 Å². The lowest BCUT2D eigenvalue weighted by molar-refractivity contribution is -0.136. The number of aromatic nitrogens is 1. The third kappa shape index (κ3) is 4.45. The van der Waals surface area contributed by atoms with E-state index in [0.717, 1.165) is 43.5 Å². The largest absolute Gasteiger partial charge is 0.378 e. The molecule has 1 atom stereocenters. The van der Waals surface area contributed by atoms with Gasteiger partial charge in [-0.3, -0.25) is 4.79 Å². The molecule has 0 radical (unpaired) electrons. The summed E-state index contributed by atoms with van der Waals surface area (Å²) in [7, 11) is 0. The molecule has 0 bridgehead atoms. The highest BCUT2D eigenvalue weighted by Crippen LogP contribution is 2.21. The zero-order valence-electron chi connectivity index (χ0n) is 12.5. The Bertz CT molecular complexity index is 474. The quantitative estimate of drug-likeness (QED) is 0.841. The van der Waals surface area contributed by atoms with Crippen LogP contribution >= 0.6 is 36.2 Å². The molecule has 0 spiro atoms. The average Bonchev–Trinajstić information content (AvgIpc) is 2.94. The third-order valence-corrected chi connectivity index (χ3v) is 4.71. The Morgan fingerprint density at radius 2 is 2.09 bits per heavy atom. The van der Waals surface area contributed by atoms with Crippen molar-refractivity contribution >= 4 is 47.2 Å². The molecule has 0 aliphatic carbocycles. The Hall–Kier alpha value is -0.600. The molecule has 0 saturated carbocycles. The number of ether oxygens (including phenoxy) is 1. The van der Waals surface area contributed by atoms with Gasteiger partial charge < -0.3 is 19.9 Å². The molecule has 1 amide bonds. The van der Waals surface area contributed by atoms with Crippen LogP contribution in [0.4, 0.5) is 5.13 Å². The van der Waals surface area contributed by atoms with E-state index in [0.29, 0.717) is 13.2 Å². The number of thiazole rings is 1. The summed E-state index contributed by atoms with van der Waals surface area (Å²) in [5.41, 5.74) is 1.06. The highest BCUT2D eigenvalue weighted by Gasteiger charge is 2.29. The highest BCUT2D eigenvalue weighted by atomic mass is 35.5. The van der Waals surface area contributed by atoms with E-state index >= 15 is 0 Å². The van der Waals surface area contributed by atoms with E-state index < -0.39 is 0 Å². The highest BCUT2D eigenvalue weighted by molar-refractivity contribution is 7.13. The first-order chi connectivity index (χ1) is 9.74. The van der Waals surface area contributed by atoms with Crippen molar-refractivity contribution < 1.29 is 9.53 Å². The molecule has 2 fully saturated rings. The van der Waals surface area contributed by atoms with Crippen molar-refractivity contribution in [3.8, 4) is 0 Å². The Morgan fingerprint density at radius 1 is 1.36 bits per heavy atom. The number of piperazine rings is 1. The second kappa shape index (κ2) is 8.88. The lowest BCUT2D eigenvalue weighted by Crippen LogP contribution is -2.57. The van der Waals surface area contributed by atoms with Gasteiger partial charge in [-0.05, 0) is 6.92 Å². The number of carbonyl (C=O) groups excluding carboxylic acids is 1. The number of morpholine rings is 1. The van der Waals surface area contributed by atoms with Crippen LogP contribution in [0.2, 0.25) is 0 Å². The zero-order valence-corrected chi connectivity index (χ0v) is 14.9. The number of aryl methyl sites for hydroxylation is 1. The number of carbonyl (C=O) groups is 1. The van der Waals surface area contributed by atoms with Crippen molar-refractivity contribution in [3.63, 3.8) is 0 Å². The molecule has 1 aromatic rings. The molecule has 22 heavy (non-hydrogen) atoms. The summed E-state index contributed by atoms with van der Waals surface area (Å²) < 4.78 is 5.36. The minimum atomic E-state index is -0.169. The van der Waals surface area contributed by atoms with Crippen LogP contribution < -0.4 is 10.2 Å². The number of halogens is 2. The molecule has 0 aromatic carbocycles. The first-order valence-electron chi connectivity index (χ1n) is 7.01. The van der Waals surface area contributed by atoms with Gasteiger partial charge >= 0.3 is 0 Å². The first-order valence-corrected chi connectivity index (χ1v) is 7.89. The van der Waals surface area contributed by atoms with Gasteiger partial charge in [0.25, 0.3) is 0 Å². The average molecular weight is 369 g/mol. The van der Waals surface area contributed by atoms with E-state index in [2.05, 4.69) is 20.6 Å². The van der Waals surface area contributed by atoms with Crippen LogP contribution in [0.5, 0.6) is 0 Å². The Kier molecular flexibility index (Phi) is 7.85. The smallest absolute Gasteiger partial charge is 0.242 e. The zero-order chi connectivity index (χ0) is 13.9. The standard InChI is InChI=1S/C13H20N4O2S.2ClH/c1-10-9-20-13(15-10)17-5-3-16(4-6-17)12(18)11-8-19-7-2-14-11;;/h9,11,14H,2-8H2,1H3;2*1H. The number of hydrogen-bond acceptors (Lipinski definition) is 6. The van der Waals surface area contributed by atoms with Crippen molar-refractivity contribution in [2.24, 2.45) is 0 Å². The van der Waals surface area contributed by atoms with Crippen molar-refractivity contribution in [2.75, 3.05) is 50.8 Å². The van der Waals surface area contributed by atoms with Crippen LogP contribution in [0.1, 0.15) is 5.69 Å². The van der Waals surface area contributed by atoms with Crippen molar-refractivity contribution in [3.05, 3.63) is 11.1 Å². The molecular weight excluding hydrogens is 347 g/mol. The van der Waals surface area contributed by atoms with Crippen molar-refractivity contribution in [1.29, 1.82) is 0 Å². The Labute approximate surface area is 147 Å². The number of nitrogens with zero attached hydrogens (tertiary/aromatic N) is 3. The van der Waals surface area contributed by atoms with E-state index in [1.54, 1.807) is 11.3 Å². The second-order valence-corrected chi connectivity index (χ2v) is 6.00. The lowest BCUT2D eigenvalue weighted by atomic mass is 10.2. The summed E-state index contributed by atoms with van der Waals surface area (Å²) in [4.78, 5) is 21.0. The van der Waals surface area contributed by atoms with Gasteiger partial charge in [-0.15, -0.1) is 36.2 Å². The van der Waals surface area contributed by atoms with E-state index in [4.69, 9.17) is 4.74 Å². The number of hydrogen-bond donors (Lipinski definition) is 1. The molecule has 1 unspecified atom stereocenters. The van der Waals surface area contributed by atoms with Gasteiger partial charge in [-0.2, -0.15) is 0 Å². The van der Waals surface area contributed by atoms with E-state index in [-0.39, 0.29) is 36.8 Å². The fourth-order valence-corrected chi connectivity index (χ4v) is 3.41. The van der Waals surface area contributed by atoms with Crippen molar-refractivity contribution in [2.45, 2.75) is 13.0 Å². The SMILES string of the molecule is Cc1csc(N2CCN(C(=O)C3COCCN3)CC2)n1.Cl.Cl. The van der Waals surface area contributed by atoms with Gasteiger partial charge in [0.2, 0.25) is 5.91 Å². The summed E-state index contributed by atoms with van der Waals surface area (Å²) in [5, 5.41) is 6.35. The van der Waals surface area contributed by atoms with Crippen LogP contribution in [-0.4, -0.2) is 67.8 Å². The van der Waals surface area contributed by atoms with Gasteiger partial charge in [0.1, 0.15) is 6.04 Å². The molecule has 3 heterocycles. The van der Waals surface area contributed by atoms with E-state index in [1.807, 2.05) is 11.8 Å². The summed E-state index contributed by atoms with van der Waals surface area (Å²) >= 11 is 1.67. The van der Waals surface area contributed by atoms with E-state index in [9.17, 15) is 4.79 Å². The molecule has 9 heteroatoms. The molecule has 2 saturated heterocycles. The van der Waals surface area contributed by atoms with E-state index in [1.165, 1.54) is 0 Å². The predicted octanol–water partition coefficient (Wildman–Crippen LogP) is 0.932. The summed E-state index contributed by atoms with van der Waals surface area (Å²) in [6.45, 7) is 7.18. The minimum absolute atomic E-state index is 0. The van der Waals surface area contributed by atoms with Gasteiger partial charge in [0.05, 0.1) is 18.9 Å². The predicted molar refractivity (Wildman–Crippen MR) is 92.7 cm³/mol. The summed E-state index contributed by atoms with van der Waals surface area (Å²) in [5.74, 6) is 0.166. The first kappa shape index (κ1) is 19.4. The second-order valence-electron chi connectivity index (χ2n) is 5.17. The number of amides is 1. The number of rotatable bonds is 2. The van der Waals surface area contributed by atoms with Gasteiger partial charge in [0, 0.05) is 38.1 Å². The summed E-state index contributed by atoms with van der Waals surface area (Å²) in [6, 6.07) is -0.169. The van der Waals surface area contributed by atoms with Crippen LogP contribution in [0.15, 0.2) is 5.38 Å². The molecule has 6 nitrogen and oxygen atoms in total. The Morgan fingerprint density at radius 3 is 2.64 bits per heavy atom. The minimum Gasteiger partial charge on any atom is -0.378 e. The summed E-state index contributed by atoms with van der Waals surface area (Å²) in [6.07, 6.45) is 0. The molecule has 126 valence electrons. The van der Waals surface area contributed by atoms with Crippen LogP contribution in [-0.2, 0) is 9.53 Å². The maximum Gasteiger partial charge on any atom is 0.242 e. The fraction of sp³-hybridized carbons (Fsp3) is 0.692. The van der Waals surface area contributed by atoms with Crippen molar-refractivity contribution in [1.82, 2.24) is 15.2 Å².